The van der Waals surface area contributed by atoms with Gasteiger partial charge in [0.15, 0.2) is 10.3 Å². The topological polar surface area (TPSA) is 49.8 Å². The molecule has 174 valence electrons. The maximum atomic E-state index is 4.75. The summed E-state index contributed by atoms with van der Waals surface area (Å²) in [6, 6.07) is 37.4. The lowest BCUT2D eigenvalue weighted by Crippen LogP contribution is -1.89. The highest BCUT2D eigenvalue weighted by Crippen LogP contribution is 2.31. The zero-order valence-corrected chi connectivity index (χ0v) is 20.9. The number of nitrogens with zero attached hydrogens (tertiary/aromatic N) is 2. The molecule has 0 unspecified atom stereocenters. The molecule has 0 saturated carbocycles. The fourth-order valence-electron chi connectivity index (χ4n) is 3.88. The Kier molecular flexibility index (Phi) is 6.27. The predicted octanol–water partition coefficient (Wildman–Crippen LogP) is 9.09. The van der Waals surface area contributed by atoms with Crippen molar-refractivity contribution in [1.29, 1.82) is 0 Å². The highest BCUT2D eigenvalue weighted by atomic mass is 32.1. The molecule has 6 rings (SSSR count). The van der Waals surface area contributed by atoms with Gasteiger partial charge in [0.05, 0.1) is 11.4 Å². The standard InChI is InChI=1S/C30H22N4S2/c1-3-7-25(8-4-1)31-29-33-27(19-35-29)23-15-11-21(12-16-23)22-13-17-24(18-14-22)28-20-36-30(34-28)32-26-9-5-2-6-10-26/h1-20H,(H,31,33)(H,32,34). The summed E-state index contributed by atoms with van der Waals surface area (Å²) < 4.78 is 0. The van der Waals surface area contributed by atoms with E-state index >= 15 is 0 Å². The van der Waals surface area contributed by atoms with Crippen LogP contribution in [0.4, 0.5) is 21.6 Å². The molecular weight excluding hydrogens is 480 g/mol. The molecule has 0 bridgehead atoms. The minimum atomic E-state index is 0.889. The fourth-order valence-corrected chi connectivity index (χ4v) is 5.36. The van der Waals surface area contributed by atoms with Crippen LogP contribution in [0.15, 0.2) is 120 Å². The second-order valence-corrected chi connectivity index (χ2v) is 9.93. The van der Waals surface area contributed by atoms with Gasteiger partial charge in [0, 0.05) is 33.3 Å². The summed E-state index contributed by atoms with van der Waals surface area (Å²) in [6.07, 6.45) is 0. The second-order valence-electron chi connectivity index (χ2n) is 8.21. The van der Waals surface area contributed by atoms with E-state index in [2.05, 4.69) is 69.9 Å². The summed E-state index contributed by atoms with van der Waals surface area (Å²) in [7, 11) is 0. The molecule has 0 amide bonds. The van der Waals surface area contributed by atoms with Crippen LogP contribution in [-0.4, -0.2) is 9.97 Å². The van der Waals surface area contributed by atoms with Crippen molar-refractivity contribution < 1.29 is 0 Å². The molecule has 0 aliphatic rings. The average Bonchev–Trinajstić information content (AvgIpc) is 3.60. The van der Waals surface area contributed by atoms with E-state index in [9.17, 15) is 0 Å². The van der Waals surface area contributed by atoms with Gasteiger partial charge in [0.2, 0.25) is 0 Å². The molecule has 0 aliphatic heterocycles. The van der Waals surface area contributed by atoms with Crippen LogP contribution in [0.25, 0.3) is 33.6 Å². The number of hydrogen-bond donors (Lipinski definition) is 2. The molecule has 6 heteroatoms. The number of nitrogens with one attached hydrogen (secondary N) is 2. The third kappa shape index (κ3) is 5.05. The molecule has 2 N–H and O–H groups in total. The zero-order chi connectivity index (χ0) is 24.2. The van der Waals surface area contributed by atoms with Crippen LogP contribution in [0.3, 0.4) is 0 Å². The summed E-state index contributed by atoms with van der Waals surface area (Å²) in [6.45, 7) is 0. The van der Waals surface area contributed by atoms with E-state index in [0.717, 1.165) is 44.2 Å². The molecule has 4 nitrogen and oxygen atoms in total. The van der Waals surface area contributed by atoms with Crippen LogP contribution in [0.1, 0.15) is 0 Å². The van der Waals surface area contributed by atoms with E-state index in [-0.39, 0.29) is 0 Å². The zero-order valence-electron chi connectivity index (χ0n) is 19.3. The number of para-hydroxylation sites is 2. The lowest BCUT2D eigenvalue weighted by molar-refractivity contribution is 1.38. The van der Waals surface area contributed by atoms with E-state index in [1.54, 1.807) is 22.7 Å². The van der Waals surface area contributed by atoms with Crippen molar-refractivity contribution >= 4 is 44.3 Å². The van der Waals surface area contributed by atoms with Gasteiger partial charge in [0.1, 0.15) is 0 Å². The van der Waals surface area contributed by atoms with Crippen LogP contribution in [0.5, 0.6) is 0 Å². The van der Waals surface area contributed by atoms with Crippen LogP contribution >= 0.6 is 22.7 Å². The van der Waals surface area contributed by atoms with E-state index in [1.807, 2.05) is 60.7 Å². The Morgan fingerprint density at radius 1 is 0.417 bits per heavy atom. The summed E-state index contributed by atoms with van der Waals surface area (Å²) >= 11 is 3.22. The molecule has 0 spiro atoms. The normalized spacial score (nSPS) is 10.8. The first kappa shape index (κ1) is 22.2. The number of hydrogen-bond acceptors (Lipinski definition) is 6. The van der Waals surface area contributed by atoms with Crippen LogP contribution in [0.2, 0.25) is 0 Å². The smallest absolute Gasteiger partial charge is 0.187 e. The van der Waals surface area contributed by atoms with E-state index in [4.69, 9.17) is 9.97 Å². The van der Waals surface area contributed by atoms with Crippen molar-refractivity contribution in [2.45, 2.75) is 0 Å². The molecule has 0 saturated heterocycles. The number of anilines is 4. The number of benzene rings is 4. The maximum Gasteiger partial charge on any atom is 0.187 e. The molecule has 4 aromatic carbocycles. The van der Waals surface area contributed by atoms with Crippen molar-refractivity contribution in [3.05, 3.63) is 120 Å². The van der Waals surface area contributed by atoms with Crippen molar-refractivity contribution in [3.8, 4) is 33.6 Å². The van der Waals surface area contributed by atoms with Crippen LogP contribution in [-0.2, 0) is 0 Å². The maximum absolute atomic E-state index is 4.75. The highest BCUT2D eigenvalue weighted by Gasteiger charge is 2.08. The summed E-state index contributed by atoms with van der Waals surface area (Å²) in [5, 5.41) is 12.7. The lowest BCUT2D eigenvalue weighted by atomic mass is 10.0. The first-order chi connectivity index (χ1) is 17.8. The van der Waals surface area contributed by atoms with Gasteiger partial charge in [-0.2, -0.15) is 0 Å². The van der Waals surface area contributed by atoms with E-state index in [0.29, 0.717) is 0 Å². The molecule has 36 heavy (non-hydrogen) atoms. The van der Waals surface area contributed by atoms with Gasteiger partial charge < -0.3 is 10.6 Å². The quantitative estimate of drug-likeness (QED) is 0.229. The van der Waals surface area contributed by atoms with Gasteiger partial charge in [0.25, 0.3) is 0 Å². The molecule has 6 aromatic rings. The lowest BCUT2D eigenvalue weighted by Gasteiger charge is -2.05. The minimum absolute atomic E-state index is 0.889. The van der Waals surface area contributed by atoms with Crippen molar-refractivity contribution in [2.75, 3.05) is 10.6 Å². The summed E-state index contributed by atoms with van der Waals surface area (Å²) in [4.78, 5) is 9.50. The Labute approximate surface area is 218 Å². The predicted molar refractivity (Wildman–Crippen MR) is 154 cm³/mol. The van der Waals surface area contributed by atoms with Crippen LogP contribution < -0.4 is 10.6 Å². The number of thiazole rings is 2. The summed E-state index contributed by atoms with van der Waals surface area (Å²) in [5.74, 6) is 0. The van der Waals surface area contributed by atoms with Gasteiger partial charge in [-0.15, -0.1) is 22.7 Å². The minimum Gasteiger partial charge on any atom is -0.332 e. The van der Waals surface area contributed by atoms with Crippen molar-refractivity contribution in [3.63, 3.8) is 0 Å². The van der Waals surface area contributed by atoms with Gasteiger partial charge in [-0.3, -0.25) is 0 Å². The number of rotatable bonds is 7. The Balaban J connectivity index is 1.13. The Hall–Kier alpha value is -4.26. The van der Waals surface area contributed by atoms with Crippen LogP contribution in [0, 0.1) is 0 Å². The molecule has 0 radical (unpaired) electrons. The second kappa shape index (κ2) is 10.2. The van der Waals surface area contributed by atoms with Gasteiger partial charge in [-0.1, -0.05) is 84.9 Å². The highest BCUT2D eigenvalue weighted by molar-refractivity contribution is 7.14. The molecule has 0 fully saturated rings. The third-order valence-electron chi connectivity index (χ3n) is 5.75. The van der Waals surface area contributed by atoms with Gasteiger partial charge in [-0.25, -0.2) is 9.97 Å². The van der Waals surface area contributed by atoms with E-state index < -0.39 is 0 Å². The number of aromatic nitrogens is 2. The van der Waals surface area contributed by atoms with Gasteiger partial charge >= 0.3 is 0 Å². The van der Waals surface area contributed by atoms with Gasteiger partial charge in [-0.05, 0) is 35.4 Å². The van der Waals surface area contributed by atoms with Crippen molar-refractivity contribution in [1.82, 2.24) is 9.97 Å². The van der Waals surface area contributed by atoms with E-state index in [1.165, 1.54) is 11.1 Å². The first-order valence-corrected chi connectivity index (χ1v) is 13.3. The molecule has 2 heterocycles. The summed E-state index contributed by atoms with van der Waals surface area (Å²) in [5.41, 5.74) is 8.59. The first-order valence-electron chi connectivity index (χ1n) is 11.6. The fraction of sp³-hybridized carbons (Fsp3) is 0. The molecule has 0 aliphatic carbocycles. The molecule has 0 atom stereocenters. The third-order valence-corrected chi connectivity index (χ3v) is 7.27. The van der Waals surface area contributed by atoms with Crippen molar-refractivity contribution in [2.24, 2.45) is 0 Å². The Morgan fingerprint density at radius 2 is 0.778 bits per heavy atom. The molecular formula is C30H22N4S2. The average molecular weight is 503 g/mol. The molecule has 2 aromatic heterocycles. The largest absolute Gasteiger partial charge is 0.332 e. The Morgan fingerprint density at radius 3 is 1.17 bits per heavy atom. The Bertz CT molecular complexity index is 1430. The SMILES string of the molecule is c1ccc(Nc2nc(-c3ccc(-c4ccc(-c5csc(Nc6ccccc6)n5)cc4)cc3)cs2)cc1. The monoisotopic (exact) mass is 502 g/mol.